The quantitative estimate of drug-likeness (QED) is 0.663. The predicted molar refractivity (Wildman–Crippen MR) is 117 cm³/mol. The summed E-state index contributed by atoms with van der Waals surface area (Å²) in [5, 5.41) is 27.5. The number of aromatic amines is 1. The van der Waals surface area contributed by atoms with Gasteiger partial charge in [0.25, 0.3) is 0 Å². The zero-order valence-corrected chi connectivity index (χ0v) is 18.1. The fourth-order valence-electron chi connectivity index (χ4n) is 3.84. The molecule has 0 spiro atoms. The summed E-state index contributed by atoms with van der Waals surface area (Å²) < 4.78 is 0. The molecule has 3 heterocycles. The Kier molecular flexibility index (Phi) is 5.36. The van der Waals surface area contributed by atoms with E-state index in [4.69, 9.17) is 0 Å². The lowest BCUT2D eigenvalue weighted by molar-refractivity contribution is 0.0593. The molecule has 7 heteroatoms. The Morgan fingerprint density at radius 2 is 2.00 bits per heavy atom. The molecular weight excluding hydrogens is 382 g/mol. The number of rotatable bonds is 4. The highest BCUT2D eigenvalue weighted by Gasteiger charge is 2.40. The minimum absolute atomic E-state index is 0.172. The molecule has 2 aromatic heterocycles. The molecule has 29 heavy (non-hydrogen) atoms. The summed E-state index contributed by atoms with van der Waals surface area (Å²) in [7, 11) is 2.20. The first-order valence-corrected chi connectivity index (χ1v) is 10.8. The van der Waals surface area contributed by atoms with E-state index >= 15 is 0 Å². The van der Waals surface area contributed by atoms with Crippen molar-refractivity contribution in [1.29, 1.82) is 0 Å². The van der Waals surface area contributed by atoms with Crippen molar-refractivity contribution < 1.29 is 5.11 Å². The van der Waals surface area contributed by atoms with Crippen molar-refractivity contribution in [1.82, 2.24) is 25.3 Å². The zero-order valence-electron chi connectivity index (χ0n) is 17.3. The van der Waals surface area contributed by atoms with Crippen LogP contribution in [-0.2, 0) is 0 Å². The number of nitrogens with one attached hydrogen (secondary N) is 1. The van der Waals surface area contributed by atoms with Gasteiger partial charge in [-0.05, 0) is 69.6 Å². The second-order valence-electron chi connectivity index (χ2n) is 8.28. The van der Waals surface area contributed by atoms with E-state index in [9.17, 15) is 5.11 Å². The summed E-state index contributed by atoms with van der Waals surface area (Å²) in [6.07, 6.45) is 4.67. The first-order chi connectivity index (χ1) is 13.9. The molecular formula is C22H27N5OS. The monoisotopic (exact) mass is 409 g/mol. The minimum Gasteiger partial charge on any atom is -0.507 e. The molecule has 1 aromatic carbocycles. The van der Waals surface area contributed by atoms with Crippen LogP contribution >= 0.6 is 11.8 Å². The molecule has 1 fully saturated rings. The number of thioether (sulfide) groups is 1. The molecule has 0 bridgehead atoms. The number of hydrogen-bond acceptors (Lipinski definition) is 6. The van der Waals surface area contributed by atoms with Crippen LogP contribution < -0.4 is 0 Å². The van der Waals surface area contributed by atoms with Crippen molar-refractivity contribution in [3.8, 4) is 28.1 Å². The van der Waals surface area contributed by atoms with Gasteiger partial charge < -0.3 is 10.0 Å². The van der Waals surface area contributed by atoms with Crippen LogP contribution in [0.5, 0.6) is 5.75 Å². The smallest absolute Gasteiger partial charge is 0.125 e. The molecule has 0 saturated carbocycles. The first-order valence-electron chi connectivity index (χ1n) is 9.90. The zero-order chi connectivity index (χ0) is 20.6. The molecule has 1 saturated heterocycles. The van der Waals surface area contributed by atoms with Crippen LogP contribution in [0.1, 0.15) is 27.2 Å². The van der Waals surface area contributed by atoms with Crippen LogP contribution in [-0.4, -0.2) is 54.8 Å². The van der Waals surface area contributed by atoms with Crippen LogP contribution in [0.25, 0.3) is 22.4 Å². The topological polar surface area (TPSA) is 77.9 Å². The molecule has 4 rings (SSSR count). The number of nitrogens with zero attached hydrogens (tertiary/aromatic N) is 4. The van der Waals surface area contributed by atoms with E-state index < -0.39 is 0 Å². The lowest BCUT2D eigenvalue weighted by atomic mass is 9.80. The number of phenolic OH excluding ortho intramolecular Hbond substituents is 1. The Morgan fingerprint density at radius 1 is 1.17 bits per heavy atom. The van der Waals surface area contributed by atoms with Crippen molar-refractivity contribution in [2.45, 2.75) is 43.0 Å². The molecule has 152 valence electrons. The number of H-pyrrole nitrogens is 1. The molecule has 1 aliphatic rings. The lowest BCUT2D eigenvalue weighted by Gasteiger charge is -2.48. The summed E-state index contributed by atoms with van der Waals surface area (Å²) in [5.74, 6) is 0.733. The van der Waals surface area contributed by atoms with Crippen molar-refractivity contribution in [3.05, 3.63) is 42.7 Å². The van der Waals surface area contributed by atoms with Gasteiger partial charge in [0, 0.05) is 28.1 Å². The fourth-order valence-corrected chi connectivity index (χ4v) is 5.15. The normalized spacial score (nSPS) is 21.9. The second-order valence-corrected chi connectivity index (χ2v) is 9.54. The van der Waals surface area contributed by atoms with Crippen LogP contribution in [0.2, 0.25) is 0 Å². The van der Waals surface area contributed by atoms with E-state index in [1.165, 1.54) is 0 Å². The van der Waals surface area contributed by atoms with Gasteiger partial charge in [-0.1, -0.05) is 13.0 Å². The van der Waals surface area contributed by atoms with Crippen LogP contribution in [0.15, 0.2) is 47.8 Å². The van der Waals surface area contributed by atoms with Crippen LogP contribution in [0, 0.1) is 5.92 Å². The van der Waals surface area contributed by atoms with Crippen LogP contribution in [0.3, 0.4) is 0 Å². The largest absolute Gasteiger partial charge is 0.507 e. The molecule has 2 unspecified atom stereocenters. The summed E-state index contributed by atoms with van der Waals surface area (Å²) in [4.78, 5) is 2.44. The van der Waals surface area contributed by atoms with Gasteiger partial charge in [-0.15, -0.1) is 22.0 Å². The highest BCUT2D eigenvalue weighted by atomic mass is 32.2. The van der Waals surface area contributed by atoms with Gasteiger partial charge in [-0.25, -0.2) is 0 Å². The molecule has 6 nitrogen and oxygen atoms in total. The maximum atomic E-state index is 10.5. The average Bonchev–Trinajstić information content (AvgIpc) is 3.24. The molecule has 2 atom stereocenters. The molecule has 0 radical (unpaired) electrons. The SMILES string of the molecule is CC1C(Sc2ccc(-c3ccc(-c4cn[nH]c4)cc3O)nn2)CCN(C)C1(C)C. The van der Waals surface area contributed by atoms with Crippen molar-refractivity contribution >= 4 is 11.8 Å². The van der Waals surface area contributed by atoms with E-state index in [1.54, 1.807) is 18.5 Å². The van der Waals surface area contributed by atoms with E-state index in [0.717, 1.165) is 29.1 Å². The Labute approximate surface area is 175 Å². The van der Waals surface area contributed by atoms with E-state index in [2.05, 4.69) is 53.1 Å². The maximum absolute atomic E-state index is 10.5. The van der Waals surface area contributed by atoms with Gasteiger partial charge in [-0.2, -0.15) is 5.10 Å². The van der Waals surface area contributed by atoms with Crippen molar-refractivity contribution in [2.75, 3.05) is 13.6 Å². The standard InChI is InChI=1S/C22H27N5OS/c1-14-20(9-10-27(4)22(14,2)3)29-21-8-7-18(25-26-21)17-6-5-15(11-19(17)28)16-12-23-24-13-16/h5-8,11-14,20,28H,9-10H2,1-4H3,(H,23,24). The van der Waals surface area contributed by atoms with E-state index in [1.807, 2.05) is 36.0 Å². The highest BCUT2D eigenvalue weighted by molar-refractivity contribution is 7.99. The fraction of sp³-hybridized carbons (Fsp3) is 0.409. The Bertz CT molecular complexity index is 971. The lowest BCUT2D eigenvalue weighted by Crippen LogP contribution is -2.54. The van der Waals surface area contributed by atoms with Crippen molar-refractivity contribution in [2.24, 2.45) is 5.92 Å². The molecule has 0 aliphatic carbocycles. The van der Waals surface area contributed by atoms with Gasteiger partial charge >= 0.3 is 0 Å². The Hall–Kier alpha value is -2.38. The maximum Gasteiger partial charge on any atom is 0.125 e. The number of phenols is 1. The minimum atomic E-state index is 0.172. The van der Waals surface area contributed by atoms with Gasteiger partial charge in [0.15, 0.2) is 0 Å². The molecule has 0 amide bonds. The average molecular weight is 410 g/mol. The van der Waals surface area contributed by atoms with Gasteiger partial charge in [0.05, 0.1) is 11.9 Å². The number of hydrogen-bond donors (Lipinski definition) is 2. The Morgan fingerprint density at radius 3 is 2.66 bits per heavy atom. The second kappa shape index (κ2) is 7.80. The molecule has 1 aliphatic heterocycles. The van der Waals surface area contributed by atoms with E-state index in [-0.39, 0.29) is 11.3 Å². The summed E-state index contributed by atoms with van der Waals surface area (Å²) in [5.41, 5.74) is 3.35. The predicted octanol–water partition coefficient (Wildman–Crippen LogP) is 4.45. The molecule has 2 N–H and O–H groups in total. The third kappa shape index (κ3) is 3.89. The third-order valence-electron chi connectivity index (χ3n) is 6.42. The van der Waals surface area contributed by atoms with Crippen LogP contribution in [0.4, 0.5) is 0 Å². The van der Waals surface area contributed by atoms with Gasteiger partial charge in [-0.3, -0.25) is 5.10 Å². The third-order valence-corrected chi connectivity index (χ3v) is 7.83. The first kappa shape index (κ1) is 19.9. The highest BCUT2D eigenvalue weighted by Crippen LogP contribution is 2.40. The number of benzene rings is 1. The summed E-state index contributed by atoms with van der Waals surface area (Å²) in [6.45, 7) is 8.05. The Balaban J connectivity index is 1.50. The molecule has 3 aromatic rings. The number of likely N-dealkylation sites (tertiary alicyclic amines) is 1. The number of piperidine rings is 1. The number of aromatic nitrogens is 4. The van der Waals surface area contributed by atoms with Crippen molar-refractivity contribution in [3.63, 3.8) is 0 Å². The number of aromatic hydroxyl groups is 1. The van der Waals surface area contributed by atoms with Gasteiger partial charge in [0.2, 0.25) is 0 Å². The van der Waals surface area contributed by atoms with Gasteiger partial charge in [0.1, 0.15) is 10.8 Å². The summed E-state index contributed by atoms with van der Waals surface area (Å²) in [6, 6.07) is 9.50. The summed E-state index contributed by atoms with van der Waals surface area (Å²) >= 11 is 1.81. The van der Waals surface area contributed by atoms with E-state index in [0.29, 0.717) is 22.4 Å².